The van der Waals surface area contributed by atoms with E-state index in [1.807, 2.05) is 60.7 Å². The van der Waals surface area contributed by atoms with Crippen molar-refractivity contribution in [3.63, 3.8) is 0 Å². The van der Waals surface area contributed by atoms with E-state index in [1.165, 1.54) is 0 Å². The molecular formula is C17H17NO2. The highest BCUT2D eigenvalue weighted by Gasteiger charge is 2.19. The predicted octanol–water partition coefficient (Wildman–Crippen LogP) is 3.41. The molecule has 0 amide bonds. The normalized spacial score (nSPS) is 12.2. The minimum absolute atomic E-state index is 0.328. The van der Waals surface area contributed by atoms with Gasteiger partial charge in [0.05, 0.1) is 6.61 Å². The fourth-order valence-corrected chi connectivity index (χ4v) is 1.84. The third-order valence-electron chi connectivity index (χ3n) is 2.80. The summed E-state index contributed by atoms with van der Waals surface area (Å²) in [6.45, 7) is 2.14. The minimum Gasteiger partial charge on any atom is -0.464 e. The third kappa shape index (κ3) is 3.79. The van der Waals surface area contributed by atoms with E-state index in [0.29, 0.717) is 6.61 Å². The Kier molecular flexibility index (Phi) is 5.07. The van der Waals surface area contributed by atoms with Gasteiger partial charge in [0, 0.05) is 6.21 Å². The van der Waals surface area contributed by atoms with E-state index in [4.69, 9.17) is 4.74 Å². The Bertz CT molecular complexity index is 564. The van der Waals surface area contributed by atoms with Crippen molar-refractivity contribution in [2.24, 2.45) is 4.99 Å². The van der Waals surface area contributed by atoms with Gasteiger partial charge in [-0.2, -0.15) is 0 Å². The minimum atomic E-state index is -0.614. The van der Waals surface area contributed by atoms with E-state index >= 15 is 0 Å². The standard InChI is InChI=1S/C17H17NO2/c1-2-20-17(19)16(15-11-7-4-8-12-15)18-13-14-9-5-3-6-10-14/h3-13,16H,2H2,1H3/b18-13+. The second-order valence-corrected chi connectivity index (χ2v) is 4.25. The number of aliphatic imine (C=N–C) groups is 1. The van der Waals surface area contributed by atoms with Crippen LogP contribution in [0.15, 0.2) is 65.7 Å². The van der Waals surface area contributed by atoms with Crippen LogP contribution in [0.5, 0.6) is 0 Å². The number of nitrogens with zero attached hydrogens (tertiary/aromatic N) is 1. The monoisotopic (exact) mass is 267 g/mol. The number of rotatable bonds is 5. The maximum atomic E-state index is 12.0. The maximum absolute atomic E-state index is 12.0. The highest BCUT2D eigenvalue weighted by molar-refractivity contribution is 5.84. The lowest BCUT2D eigenvalue weighted by Gasteiger charge is -2.11. The van der Waals surface area contributed by atoms with Gasteiger partial charge in [0.15, 0.2) is 6.04 Å². The molecule has 0 saturated heterocycles. The second-order valence-electron chi connectivity index (χ2n) is 4.25. The summed E-state index contributed by atoms with van der Waals surface area (Å²) in [5, 5.41) is 0. The number of hydrogen-bond acceptors (Lipinski definition) is 3. The quantitative estimate of drug-likeness (QED) is 0.615. The summed E-state index contributed by atoms with van der Waals surface area (Å²) >= 11 is 0. The first-order valence-corrected chi connectivity index (χ1v) is 6.61. The smallest absolute Gasteiger partial charge is 0.335 e. The van der Waals surface area contributed by atoms with Crippen molar-refractivity contribution >= 4 is 12.2 Å². The van der Waals surface area contributed by atoms with Gasteiger partial charge in [0.25, 0.3) is 0 Å². The van der Waals surface area contributed by atoms with E-state index < -0.39 is 6.04 Å². The van der Waals surface area contributed by atoms with Crippen LogP contribution >= 0.6 is 0 Å². The largest absolute Gasteiger partial charge is 0.464 e. The molecule has 0 radical (unpaired) electrons. The first-order valence-electron chi connectivity index (χ1n) is 6.61. The Morgan fingerprint density at radius 2 is 1.70 bits per heavy atom. The molecule has 2 aromatic rings. The Morgan fingerprint density at radius 3 is 2.30 bits per heavy atom. The molecule has 0 N–H and O–H groups in total. The summed E-state index contributed by atoms with van der Waals surface area (Å²) in [4.78, 5) is 16.4. The molecule has 0 aliphatic heterocycles. The van der Waals surface area contributed by atoms with E-state index in [9.17, 15) is 4.79 Å². The molecular weight excluding hydrogens is 250 g/mol. The molecule has 102 valence electrons. The molecule has 0 saturated carbocycles. The predicted molar refractivity (Wildman–Crippen MR) is 79.9 cm³/mol. The zero-order chi connectivity index (χ0) is 14.2. The van der Waals surface area contributed by atoms with Crippen LogP contribution in [-0.4, -0.2) is 18.8 Å². The Balaban J connectivity index is 2.23. The fourth-order valence-electron chi connectivity index (χ4n) is 1.84. The van der Waals surface area contributed by atoms with Gasteiger partial charge in [-0.1, -0.05) is 60.7 Å². The van der Waals surface area contributed by atoms with Gasteiger partial charge in [-0.15, -0.1) is 0 Å². The van der Waals surface area contributed by atoms with Gasteiger partial charge in [-0.05, 0) is 18.1 Å². The zero-order valence-electron chi connectivity index (χ0n) is 11.4. The van der Waals surface area contributed by atoms with E-state index in [1.54, 1.807) is 13.1 Å². The van der Waals surface area contributed by atoms with Crippen LogP contribution in [-0.2, 0) is 9.53 Å². The molecule has 20 heavy (non-hydrogen) atoms. The molecule has 1 atom stereocenters. The molecule has 3 heteroatoms. The van der Waals surface area contributed by atoms with E-state index in [0.717, 1.165) is 11.1 Å². The van der Waals surface area contributed by atoms with Gasteiger partial charge < -0.3 is 4.74 Å². The molecule has 0 aliphatic rings. The molecule has 0 bridgehead atoms. The summed E-state index contributed by atoms with van der Waals surface area (Å²) in [6.07, 6.45) is 1.70. The number of carbonyl (C=O) groups is 1. The van der Waals surface area contributed by atoms with Gasteiger partial charge >= 0.3 is 5.97 Å². The number of hydrogen-bond donors (Lipinski definition) is 0. The topological polar surface area (TPSA) is 38.7 Å². The van der Waals surface area contributed by atoms with Crippen LogP contribution < -0.4 is 0 Å². The van der Waals surface area contributed by atoms with Crippen LogP contribution in [0.3, 0.4) is 0 Å². The Morgan fingerprint density at radius 1 is 1.10 bits per heavy atom. The van der Waals surface area contributed by atoms with Gasteiger partial charge in [-0.3, -0.25) is 4.99 Å². The summed E-state index contributed by atoms with van der Waals surface area (Å²) in [6, 6.07) is 18.5. The SMILES string of the molecule is CCOC(=O)C(/N=C/c1ccccc1)c1ccccc1. The average molecular weight is 267 g/mol. The first-order chi connectivity index (χ1) is 9.81. The average Bonchev–Trinajstić information content (AvgIpc) is 2.50. The van der Waals surface area contributed by atoms with Crippen LogP contribution in [0.25, 0.3) is 0 Å². The Hall–Kier alpha value is -2.42. The number of carbonyl (C=O) groups excluding carboxylic acids is 1. The number of esters is 1. The second kappa shape index (κ2) is 7.24. The lowest BCUT2D eigenvalue weighted by molar-refractivity contribution is -0.144. The van der Waals surface area contributed by atoms with Crippen molar-refractivity contribution in [3.05, 3.63) is 71.8 Å². The van der Waals surface area contributed by atoms with Crippen LogP contribution in [0.1, 0.15) is 24.1 Å². The van der Waals surface area contributed by atoms with Gasteiger partial charge in [0.2, 0.25) is 0 Å². The van der Waals surface area contributed by atoms with Crippen molar-refractivity contribution in [1.82, 2.24) is 0 Å². The van der Waals surface area contributed by atoms with Crippen LogP contribution in [0.4, 0.5) is 0 Å². The third-order valence-corrected chi connectivity index (χ3v) is 2.80. The lowest BCUT2D eigenvalue weighted by atomic mass is 10.1. The molecule has 0 aromatic heterocycles. The van der Waals surface area contributed by atoms with Crippen molar-refractivity contribution in [1.29, 1.82) is 0 Å². The summed E-state index contributed by atoms with van der Waals surface area (Å²) in [5.74, 6) is -0.328. The molecule has 0 heterocycles. The summed E-state index contributed by atoms with van der Waals surface area (Å²) in [5.41, 5.74) is 1.79. The van der Waals surface area contributed by atoms with Gasteiger partial charge in [0.1, 0.15) is 0 Å². The maximum Gasteiger partial charge on any atom is 0.335 e. The van der Waals surface area contributed by atoms with Crippen molar-refractivity contribution in [2.45, 2.75) is 13.0 Å². The molecule has 1 unspecified atom stereocenters. The molecule has 0 fully saturated rings. The van der Waals surface area contributed by atoms with Crippen molar-refractivity contribution < 1.29 is 9.53 Å². The Labute approximate surface area is 118 Å². The summed E-state index contributed by atoms with van der Waals surface area (Å²) < 4.78 is 5.09. The van der Waals surface area contributed by atoms with E-state index in [2.05, 4.69) is 4.99 Å². The van der Waals surface area contributed by atoms with Crippen LogP contribution in [0.2, 0.25) is 0 Å². The fraction of sp³-hybridized carbons (Fsp3) is 0.176. The van der Waals surface area contributed by atoms with Crippen LogP contribution in [0, 0.1) is 0 Å². The summed E-state index contributed by atoms with van der Waals surface area (Å²) in [7, 11) is 0. The highest BCUT2D eigenvalue weighted by atomic mass is 16.5. The number of ether oxygens (including phenoxy) is 1. The highest BCUT2D eigenvalue weighted by Crippen LogP contribution is 2.19. The molecule has 2 rings (SSSR count). The number of benzene rings is 2. The van der Waals surface area contributed by atoms with Gasteiger partial charge in [-0.25, -0.2) is 4.79 Å². The molecule has 2 aromatic carbocycles. The molecule has 0 aliphatic carbocycles. The van der Waals surface area contributed by atoms with Crippen molar-refractivity contribution in [3.8, 4) is 0 Å². The lowest BCUT2D eigenvalue weighted by Crippen LogP contribution is -2.14. The van der Waals surface area contributed by atoms with Crippen molar-refractivity contribution in [2.75, 3.05) is 6.61 Å². The van der Waals surface area contributed by atoms with E-state index in [-0.39, 0.29) is 5.97 Å². The first kappa shape index (κ1) is 14.0. The zero-order valence-corrected chi connectivity index (χ0v) is 11.4. The molecule has 3 nitrogen and oxygen atoms in total. The molecule has 0 spiro atoms.